The van der Waals surface area contributed by atoms with Crippen molar-refractivity contribution in [2.75, 3.05) is 0 Å². The fraction of sp³-hybridized carbons (Fsp3) is 0.364. The van der Waals surface area contributed by atoms with Crippen molar-refractivity contribution >= 4 is 27.8 Å². The number of allylic oxidation sites excluding steroid dienone is 8. The summed E-state index contributed by atoms with van der Waals surface area (Å²) in [4.78, 5) is 0. The quantitative estimate of drug-likeness (QED) is 0.641. The van der Waals surface area contributed by atoms with Crippen molar-refractivity contribution in [1.29, 1.82) is 0 Å². The average Bonchev–Trinajstić information content (AvgIpc) is 2.55. The van der Waals surface area contributed by atoms with Gasteiger partial charge in [-0.05, 0) is 22.4 Å². The van der Waals surface area contributed by atoms with Crippen molar-refractivity contribution in [1.82, 2.24) is 0 Å². The normalized spacial score (nSPS) is 35.7. The standard InChI is InChI=1S/C22H28P2/c1-17-11-7-9-15-21(17,3)23-19-13-5-6-14-20(19)24-22(4)16-10-8-12-18(22)2/h5-18,23-24H,1-4H3. The fourth-order valence-corrected chi connectivity index (χ4v) is 6.61. The summed E-state index contributed by atoms with van der Waals surface area (Å²) in [7, 11) is 1.62. The van der Waals surface area contributed by atoms with Crippen molar-refractivity contribution in [3.05, 3.63) is 72.9 Å². The number of hydrogen-bond acceptors (Lipinski definition) is 0. The lowest BCUT2D eigenvalue weighted by Crippen LogP contribution is -2.34. The van der Waals surface area contributed by atoms with Crippen molar-refractivity contribution in [3.63, 3.8) is 0 Å². The summed E-state index contributed by atoms with van der Waals surface area (Å²) in [6, 6.07) is 9.10. The van der Waals surface area contributed by atoms with Crippen LogP contribution in [0.25, 0.3) is 0 Å². The molecule has 0 aromatic heterocycles. The van der Waals surface area contributed by atoms with Crippen LogP contribution >= 0.6 is 17.2 Å². The van der Waals surface area contributed by atoms with Gasteiger partial charge in [0.15, 0.2) is 0 Å². The molecule has 0 fully saturated rings. The molecule has 0 saturated heterocycles. The highest BCUT2D eigenvalue weighted by molar-refractivity contribution is 7.56. The van der Waals surface area contributed by atoms with Crippen LogP contribution in [0.2, 0.25) is 0 Å². The minimum Gasteiger partial charge on any atom is -0.0805 e. The minimum absolute atomic E-state index is 0.240. The second-order valence-corrected chi connectivity index (χ2v) is 11.2. The Hall–Kier alpha value is -0.960. The first-order valence-corrected chi connectivity index (χ1v) is 10.8. The summed E-state index contributed by atoms with van der Waals surface area (Å²) >= 11 is 0. The van der Waals surface area contributed by atoms with Crippen molar-refractivity contribution in [3.8, 4) is 0 Å². The molecule has 2 aliphatic carbocycles. The molecule has 6 unspecified atom stereocenters. The molecule has 1 aromatic carbocycles. The minimum atomic E-state index is 0.240. The van der Waals surface area contributed by atoms with Crippen LogP contribution in [0, 0.1) is 11.8 Å². The van der Waals surface area contributed by atoms with Crippen LogP contribution in [0.1, 0.15) is 27.7 Å². The van der Waals surface area contributed by atoms with Crippen LogP contribution in [0.4, 0.5) is 0 Å². The zero-order valence-electron chi connectivity index (χ0n) is 15.1. The molecule has 0 N–H and O–H groups in total. The third-order valence-corrected chi connectivity index (χ3v) is 9.52. The van der Waals surface area contributed by atoms with Gasteiger partial charge in [-0.1, -0.05) is 118 Å². The van der Waals surface area contributed by atoms with E-state index < -0.39 is 0 Å². The van der Waals surface area contributed by atoms with Crippen LogP contribution in [0.3, 0.4) is 0 Å². The molecule has 0 saturated carbocycles. The lowest BCUT2D eigenvalue weighted by molar-refractivity contribution is 0.596. The Morgan fingerprint density at radius 3 is 1.50 bits per heavy atom. The summed E-state index contributed by atoms with van der Waals surface area (Å²) in [5, 5.41) is 3.57. The van der Waals surface area contributed by atoms with E-state index in [0.29, 0.717) is 11.8 Å². The molecule has 3 rings (SSSR count). The maximum absolute atomic E-state index is 2.41. The lowest BCUT2D eigenvalue weighted by atomic mass is 9.91. The van der Waals surface area contributed by atoms with Crippen molar-refractivity contribution < 1.29 is 0 Å². The van der Waals surface area contributed by atoms with Crippen LogP contribution in [-0.2, 0) is 0 Å². The Kier molecular flexibility index (Phi) is 5.29. The molecule has 0 bridgehead atoms. The molecule has 24 heavy (non-hydrogen) atoms. The number of benzene rings is 1. The van der Waals surface area contributed by atoms with Crippen molar-refractivity contribution in [2.24, 2.45) is 11.8 Å². The van der Waals surface area contributed by atoms with Crippen LogP contribution in [0.15, 0.2) is 72.9 Å². The number of rotatable bonds is 4. The monoisotopic (exact) mass is 354 g/mol. The van der Waals surface area contributed by atoms with E-state index in [1.165, 1.54) is 0 Å². The van der Waals surface area contributed by atoms with E-state index >= 15 is 0 Å². The molecule has 1 aromatic rings. The fourth-order valence-electron chi connectivity index (χ4n) is 3.27. The molecular formula is C22H28P2. The zero-order chi connectivity index (χ0) is 17.2. The SMILES string of the molecule is CC1C=CC=CC1(C)Pc1ccccc1PC1(C)C=CC=CC1C. The van der Waals surface area contributed by atoms with Gasteiger partial charge in [0.05, 0.1) is 0 Å². The molecule has 0 heterocycles. The maximum atomic E-state index is 2.41. The maximum Gasteiger partial charge on any atom is 0.0132 e. The molecule has 0 spiro atoms. The van der Waals surface area contributed by atoms with E-state index in [4.69, 9.17) is 0 Å². The van der Waals surface area contributed by atoms with E-state index in [1.807, 2.05) is 0 Å². The molecule has 126 valence electrons. The van der Waals surface area contributed by atoms with Gasteiger partial charge >= 0.3 is 0 Å². The summed E-state index contributed by atoms with van der Waals surface area (Å²) in [6.45, 7) is 9.50. The third-order valence-electron chi connectivity index (χ3n) is 5.53. The highest BCUT2D eigenvalue weighted by Crippen LogP contribution is 2.45. The highest BCUT2D eigenvalue weighted by Gasteiger charge is 2.32. The summed E-state index contributed by atoms with van der Waals surface area (Å²) in [5.41, 5.74) is 0. The average molecular weight is 354 g/mol. The summed E-state index contributed by atoms with van der Waals surface area (Å²) < 4.78 is 0. The van der Waals surface area contributed by atoms with E-state index in [0.717, 1.165) is 17.2 Å². The molecule has 0 amide bonds. The van der Waals surface area contributed by atoms with Gasteiger partial charge in [0.25, 0.3) is 0 Å². The van der Waals surface area contributed by atoms with Gasteiger partial charge in [-0.25, -0.2) is 0 Å². The lowest BCUT2D eigenvalue weighted by Gasteiger charge is -2.36. The molecular weight excluding hydrogens is 326 g/mol. The first-order chi connectivity index (χ1) is 11.4. The first kappa shape index (κ1) is 17.8. The van der Waals surface area contributed by atoms with Crippen molar-refractivity contribution in [2.45, 2.75) is 38.0 Å². The number of hydrogen-bond donors (Lipinski definition) is 0. The van der Waals surface area contributed by atoms with Gasteiger partial charge in [-0.2, -0.15) is 0 Å². The van der Waals surface area contributed by atoms with E-state index in [2.05, 4.69) is 101 Å². The van der Waals surface area contributed by atoms with Crippen LogP contribution in [-0.4, -0.2) is 10.3 Å². The predicted octanol–water partition coefficient (Wildman–Crippen LogP) is 5.34. The predicted molar refractivity (Wildman–Crippen MR) is 114 cm³/mol. The smallest absolute Gasteiger partial charge is 0.0132 e. The largest absolute Gasteiger partial charge is 0.0805 e. The van der Waals surface area contributed by atoms with Crippen LogP contribution < -0.4 is 10.6 Å². The van der Waals surface area contributed by atoms with Gasteiger partial charge in [-0.15, -0.1) is 0 Å². The van der Waals surface area contributed by atoms with Gasteiger partial charge < -0.3 is 0 Å². The third kappa shape index (κ3) is 3.66. The zero-order valence-corrected chi connectivity index (χ0v) is 17.1. The molecule has 0 aliphatic heterocycles. The molecule has 2 aliphatic rings. The highest BCUT2D eigenvalue weighted by atomic mass is 31.1. The Morgan fingerprint density at radius 2 is 1.12 bits per heavy atom. The van der Waals surface area contributed by atoms with Gasteiger partial charge in [0, 0.05) is 10.3 Å². The van der Waals surface area contributed by atoms with Gasteiger partial charge in [0.1, 0.15) is 0 Å². The van der Waals surface area contributed by atoms with Gasteiger partial charge in [0.2, 0.25) is 0 Å². The molecule has 0 nitrogen and oxygen atoms in total. The van der Waals surface area contributed by atoms with E-state index in [1.54, 1.807) is 10.6 Å². The van der Waals surface area contributed by atoms with E-state index in [-0.39, 0.29) is 10.3 Å². The molecule has 2 heteroatoms. The van der Waals surface area contributed by atoms with E-state index in [9.17, 15) is 0 Å². The second kappa shape index (κ2) is 7.11. The Balaban J connectivity index is 1.86. The summed E-state index contributed by atoms with van der Waals surface area (Å²) in [5.74, 6) is 1.17. The Morgan fingerprint density at radius 1 is 0.708 bits per heavy atom. The van der Waals surface area contributed by atoms with Gasteiger partial charge in [-0.3, -0.25) is 0 Å². The Labute approximate surface area is 150 Å². The summed E-state index contributed by atoms with van der Waals surface area (Å²) in [6.07, 6.45) is 18.3. The molecule has 6 atom stereocenters. The van der Waals surface area contributed by atoms with Crippen LogP contribution in [0.5, 0.6) is 0 Å². The Bertz CT molecular complexity index is 651. The topological polar surface area (TPSA) is 0 Å². The first-order valence-electron chi connectivity index (χ1n) is 8.80. The molecule has 0 radical (unpaired) electrons. The second-order valence-electron chi connectivity index (χ2n) is 7.43.